The number of esters is 1. The fourth-order valence-corrected chi connectivity index (χ4v) is 3.04. The monoisotopic (exact) mass is 364 g/mol. The molecule has 0 bridgehead atoms. The Bertz CT molecular complexity index is 839. The standard InChI is InChI=1S/C17H18F2N4O3/c1-9(16(24)26-2)22-17(25)23-6-5-13-14(21-8-20-13)15(23)11-4-3-10(18)7-12(11)19/h3-4,7-9,15H,5-6H2,1-2H3,(H,20,21)(H,22,25)/t9-,15-/m1/s1. The van der Waals surface area contributed by atoms with Gasteiger partial charge in [0.25, 0.3) is 0 Å². The van der Waals surface area contributed by atoms with Gasteiger partial charge in [0.1, 0.15) is 23.7 Å². The normalized spacial score (nSPS) is 17.4. The topological polar surface area (TPSA) is 87.3 Å². The third kappa shape index (κ3) is 3.24. The second-order valence-corrected chi connectivity index (χ2v) is 5.97. The Hall–Kier alpha value is -2.97. The summed E-state index contributed by atoms with van der Waals surface area (Å²) in [4.78, 5) is 32.8. The fourth-order valence-electron chi connectivity index (χ4n) is 3.04. The molecule has 1 aromatic heterocycles. The fraction of sp³-hybridized carbons (Fsp3) is 0.353. The average Bonchev–Trinajstić information content (AvgIpc) is 3.09. The van der Waals surface area contributed by atoms with Crippen LogP contribution in [0.2, 0.25) is 0 Å². The van der Waals surface area contributed by atoms with Crippen molar-refractivity contribution in [3.05, 3.63) is 53.1 Å². The maximum absolute atomic E-state index is 14.4. The minimum absolute atomic E-state index is 0.125. The summed E-state index contributed by atoms with van der Waals surface area (Å²) in [5.41, 5.74) is 1.40. The quantitative estimate of drug-likeness (QED) is 0.815. The van der Waals surface area contributed by atoms with E-state index in [4.69, 9.17) is 0 Å². The minimum Gasteiger partial charge on any atom is -0.467 e. The molecule has 26 heavy (non-hydrogen) atoms. The first kappa shape index (κ1) is 17.8. The van der Waals surface area contributed by atoms with E-state index < -0.39 is 35.7 Å². The lowest BCUT2D eigenvalue weighted by molar-refractivity contribution is -0.142. The Labute approximate surface area is 148 Å². The first-order valence-corrected chi connectivity index (χ1v) is 8.04. The van der Waals surface area contributed by atoms with Crippen LogP contribution in [0, 0.1) is 11.6 Å². The molecule has 0 saturated carbocycles. The number of carbonyl (C=O) groups excluding carboxylic acids is 2. The molecule has 0 fully saturated rings. The lowest BCUT2D eigenvalue weighted by atomic mass is 9.95. The molecule has 3 rings (SSSR count). The van der Waals surface area contributed by atoms with Crippen LogP contribution < -0.4 is 5.32 Å². The van der Waals surface area contributed by atoms with Gasteiger partial charge in [-0.3, -0.25) is 0 Å². The van der Waals surface area contributed by atoms with E-state index in [1.807, 2.05) is 0 Å². The molecule has 0 aliphatic carbocycles. The summed E-state index contributed by atoms with van der Waals surface area (Å²) in [6, 6.07) is 0.923. The number of aromatic nitrogens is 2. The molecule has 2 N–H and O–H groups in total. The highest BCUT2D eigenvalue weighted by Gasteiger charge is 2.36. The van der Waals surface area contributed by atoms with E-state index in [1.54, 1.807) is 0 Å². The Balaban J connectivity index is 1.96. The van der Waals surface area contributed by atoms with E-state index in [9.17, 15) is 18.4 Å². The van der Waals surface area contributed by atoms with E-state index in [1.165, 1.54) is 31.3 Å². The Kier molecular flexibility index (Phi) is 4.88. The molecular weight excluding hydrogens is 346 g/mol. The molecule has 2 amide bonds. The second-order valence-electron chi connectivity index (χ2n) is 5.97. The highest BCUT2D eigenvalue weighted by atomic mass is 19.1. The number of benzene rings is 1. The number of amides is 2. The van der Waals surface area contributed by atoms with Crippen molar-refractivity contribution >= 4 is 12.0 Å². The van der Waals surface area contributed by atoms with E-state index in [0.29, 0.717) is 12.1 Å². The zero-order valence-corrected chi connectivity index (χ0v) is 14.3. The number of halogens is 2. The van der Waals surface area contributed by atoms with Crippen LogP contribution in [0.1, 0.15) is 29.9 Å². The van der Waals surface area contributed by atoms with Gasteiger partial charge in [-0.25, -0.2) is 23.4 Å². The van der Waals surface area contributed by atoms with Gasteiger partial charge in [0.2, 0.25) is 0 Å². The number of fused-ring (bicyclic) bond motifs is 1. The summed E-state index contributed by atoms with van der Waals surface area (Å²) in [6.45, 7) is 1.76. The number of nitrogens with zero attached hydrogens (tertiary/aromatic N) is 2. The van der Waals surface area contributed by atoms with Crippen molar-refractivity contribution in [3.63, 3.8) is 0 Å². The molecule has 9 heteroatoms. The number of carbonyl (C=O) groups is 2. The minimum atomic E-state index is -0.869. The first-order chi connectivity index (χ1) is 12.4. The maximum Gasteiger partial charge on any atom is 0.328 e. The molecule has 2 heterocycles. The number of nitrogens with one attached hydrogen (secondary N) is 2. The van der Waals surface area contributed by atoms with Crippen LogP contribution >= 0.6 is 0 Å². The van der Waals surface area contributed by atoms with Crippen LogP contribution in [0.5, 0.6) is 0 Å². The molecule has 0 radical (unpaired) electrons. The van der Waals surface area contributed by atoms with Gasteiger partial charge in [-0.15, -0.1) is 0 Å². The van der Waals surface area contributed by atoms with Gasteiger partial charge in [-0.2, -0.15) is 0 Å². The average molecular weight is 364 g/mol. The maximum atomic E-state index is 14.4. The molecule has 0 unspecified atom stereocenters. The number of hydrogen-bond acceptors (Lipinski definition) is 4. The number of rotatable bonds is 3. The molecule has 2 aromatic rings. The predicted molar refractivity (Wildman–Crippen MR) is 87.2 cm³/mol. The summed E-state index contributed by atoms with van der Waals surface area (Å²) < 4.78 is 32.3. The van der Waals surface area contributed by atoms with Crippen LogP contribution in [0.25, 0.3) is 0 Å². The van der Waals surface area contributed by atoms with Crippen LogP contribution in [0.3, 0.4) is 0 Å². The van der Waals surface area contributed by atoms with E-state index in [2.05, 4.69) is 20.0 Å². The zero-order valence-electron chi connectivity index (χ0n) is 14.3. The molecule has 0 spiro atoms. The van der Waals surface area contributed by atoms with Crippen molar-refractivity contribution in [2.45, 2.75) is 25.4 Å². The first-order valence-electron chi connectivity index (χ1n) is 8.04. The van der Waals surface area contributed by atoms with E-state index in [-0.39, 0.29) is 12.1 Å². The van der Waals surface area contributed by atoms with Crippen LogP contribution in [-0.4, -0.2) is 46.6 Å². The van der Waals surface area contributed by atoms with Crippen molar-refractivity contribution in [2.24, 2.45) is 0 Å². The van der Waals surface area contributed by atoms with Gasteiger partial charge in [-0.1, -0.05) is 6.07 Å². The number of hydrogen-bond donors (Lipinski definition) is 2. The lowest BCUT2D eigenvalue weighted by Crippen LogP contribution is -2.50. The largest absolute Gasteiger partial charge is 0.467 e. The van der Waals surface area contributed by atoms with Crippen LogP contribution in [-0.2, 0) is 16.0 Å². The summed E-state index contributed by atoms with van der Waals surface area (Å²) in [6.07, 6.45) is 1.96. The van der Waals surface area contributed by atoms with Crippen LogP contribution in [0.4, 0.5) is 13.6 Å². The number of ether oxygens (including phenoxy) is 1. The van der Waals surface area contributed by atoms with Crippen molar-refractivity contribution in [2.75, 3.05) is 13.7 Å². The van der Waals surface area contributed by atoms with Gasteiger partial charge in [-0.05, 0) is 13.0 Å². The third-order valence-electron chi connectivity index (χ3n) is 4.34. The number of methoxy groups -OCH3 is 1. The highest BCUT2D eigenvalue weighted by Crippen LogP contribution is 2.34. The van der Waals surface area contributed by atoms with Gasteiger partial charge in [0.15, 0.2) is 0 Å². The summed E-state index contributed by atoms with van der Waals surface area (Å²) in [7, 11) is 1.22. The molecule has 7 nitrogen and oxygen atoms in total. The Morgan fingerprint density at radius 3 is 2.88 bits per heavy atom. The molecule has 0 saturated heterocycles. The second kappa shape index (κ2) is 7.11. The summed E-state index contributed by atoms with van der Waals surface area (Å²) in [5, 5.41) is 2.53. The zero-order chi connectivity index (χ0) is 18.8. The lowest BCUT2D eigenvalue weighted by Gasteiger charge is -2.35. The number of imidazole rings is 1. The van der Waals surface area contributed by atoms with E-state index in [0.717, 1.165) is 17.8 Å². The van der Waals surface area contributed by atoms with Crippen molar-refractivity contribution in [1.82, 2.24) is 20.2 Å². The van der Waals surface area contributed by atoms with Crippen LogP contribution in [0.15, 0.2) is 24.5 Å². The molecule has 2 atom stereocenters. The smallest absolute Gasteiger partial charge is 0.328 e. The summed E-state index contributed by atoms with van der Waals surface area (Å²) in [5.74, 6) is -2.08. The number of aromatic amines is 1. The predicted octanol–water partition coefficient (Wildman–Crippen LogP) is 1.91. The molecule has 138 valence electrons. The van der Waals surface area contributed by atoms with Crippen molar-refractivity contribution < 1.29 is 23.1 Å². The van der Waals surface area contributed by atoms with E-state index >= 15 is 0 Å². The number of H-pyrrole nitrogens is 1. The number of urea groups is 1. The molecule has 1 aliphatic rings. The SMILES string of the molecule is COC(=O)[C@@H](C)NC(=O)N1CCc2[nH]cnc2[C@H]1c1ccc(F)cc1F. The van der Waals surface area contributed by atoms with Gasteiger partial charge >= 0.3 is 12.0 Å². The van der Waals surface area contributed by atoms with Crippen molar-refractivity contribution in [3.8, 4) is 0 Å². The Morgan fingerprint density at radius 2 is 2.19 bits per heavy atom. The highest BCUT2D eigenvalue weighted by molar-refractivity contribution is 5.83. The van der Waals surface area contributed by atoms with Gasteiger partial charge in [0, 0.05) is 30.3 Å². The third-order valence-corrected chi connectivity index (χ3v) is 4.34. The molecule has 1 aromatic carbocycles. The van der Waals surface area contributed by atoms with Gasteiger partial charge < -0.3 is 19.9 Å². The molecular formula is C17H18F2N4O3. The molecule has 1 aliphatic heterocycles. The Morgan fingerprint density at radius 1 is 1.42 bits per heavy atom. The van der Waals surface area contributed by atoms with Crippen molar-refractivity contribution in [1.29, 1.82) is 0 Å². The summed E-state index contributed by atoms with van der Waals surface area (Å²) >= 11 is 0. The van der Waals surface area contributed by atoms with Gasteiger partial charge in [0.05, 0.1) is 19.1 Å².